The highest BCUT2D eigenvalue weighted by molar-refractivity contribution is 9.10. The number of ether oxygens (including phenoxy) is 2. The summed E-state index contributed by atoms with van der Waals surface area (Å²) in [5.41, 5.74) is 0.721. The van der Waals surface area contributed by atoms with Gasteiger partial charge in [0.15, 0.2) is 6.04 Å². The van der Waals surface area contributed by atoms with Gasteiger partial charge in [-0.3, -0.25) is 4.79 Å². The third-order valence-corrected chi connectivity index (χ3v) is 4.24. The molecule has 0 aliphatic carbocycles. The fourth-order valence-electron chi connectivity index (χ4n) is 2.34. The van der Waals surface area contributed by atoms with E-state index in [0.717, 1.165) is 16.5 Å². The van der Waals surface area contributed by atoms with Crippen molar-refractivity contribution in [3.63, 3.8) is 0 Å². The van der Waals surface area contributed by atoms with E-state index in [9.17, 15) is 9.59 Å². The number of methoxy groups -OCH3 is 2. The molecule has 0 fully saturated rings. The van der Waals surface area contributed by atoms with Gasteiger partial charge >= 0.3 is 5.97 Å². The zero-order chi connectivity index (χ0) is 18.1. The number of amides is 1. The van der Waals surface area contributed by atoms with Crippen molar-refractivity contribution in [2.75, 3.05) is 27.4 Å². The van der Waals surface area contributed by atoms with Gasteiger partial charge in [0.2, 0.25) is 5.91 Å². The van der Waals surface area contributed by atoms with Crippen molar-refractivity contribution in [1.29, 1.82) is 0 Å². The van der Waals surface area contributed by atoms with Crippen molar-refractivity contribution in [2.24, 2.45) is 5.92 Å². The molecule has 1 amide bonds. The van der Waals surface area contributed by atoms with Gasteiger partial charge in [-0.25, -0.2) is 4.79 Å². The van der Waals surface area contributed by atoms with Crippen molar-refractivity contribution in [3.05, 3.63) is 34.3 Å². The first-order valence-corrected chi connectivity index (χ1v) is 8.81. The lowest BCUT2D eigenvalue weighted by molar-refractivity contribution is -0.154. The molecule has 1 aromatic carbocycles. The van der Waals surface area contributed by atoms with E-state index >= 15 is 0 Å². The fraction of sp³-hybridized carbons (Fsp3) is 0.556. The third kappa shape index (κ3) is 6.24. The number of nitrogens with zero attached hydrogens (tertiary/aromatic N) is 1. The Morgan fingerprint density at radius 2 is 1.79 bits per heavy atom. The zero-order valence-electron chi connectivity index (χ0n) is 14.8. The third-order valence-electron chi connectivity index (χ3n) is 3.71. The van der Waals surface area contributed by atoms with Crippen LogP contribution in [-0.2, 0) is 19.1 Å². The molecule has 134 valence electrons. The zero-order valence-corrected chi connectivity index (χ0v) is 16.3. The number of carbonyl (C=O) groups is 2. The Bertz CT molecular complexity index is 530. The van der Waals surface area contributed by atoms with Crippen LogP contribution in [0.15, 0.2) is 28.7 Å². The van der Waals surface area contributed by atoms with Gasteiger partial charge in [-0.2, -0.15) is 0 Å². The molecule has 0 saturated carbocycles. The Kier molecular flexibility index (Phi) is 9.00. The van der Waals surface area contributed by atoms with Gasteiger partial charge in [0.1, 0.15) is 0 Å². The van der Waals surface area contributed by atoms with Crippen LogP contribution in [0.4, 0.5) is 0 Å². The summed E-state index contributed by atoms with van der Waals surface area (Å²) >= 11 is 3.38. The second-order valence-electron chi connectivity index (χ2n) is 5.99. The van der Waals surface area contributed by atoms with Crippen molar-refractivity contribution in [3.8, 4) is 0 Å². The van der Waals surface area contributed by atoms with Crippen LogP contribution < -0.4 is 0 Å². The minimum absolute atomic E-state index is 0.0703. The maximum absolute atomic E-state index is 12.7. The maximum Gasteiger partial charge on any atom is 0.333 e. The topological polar surface area (TPSA) is 55.8 Å². The quantitative estimate of drug-likeness (QED) is 0.595. The minimum atomic E-state index is -0.766. The van der Waals surface area contributed by atoms with Gasteiger partial charge in [0, 0.05) is 24.5 Å². The van der Waals surface area contributed by atoms with Crippen LogP contribution in [0, 0.1) is 5.92 Å². The Morgan fingerprint density at radius 1 is 1.17 bits per heavy atom. The smallest absolute Gasteiger partial charge is 0.333 e. The predicted octanol–water partition coefficient (Wildman–Crippen LogP) is 3.57. The van der Waals surface area contributed by atoms with Crippen LogP contribution >= 0.6 is 15.9 Å². The molecule has 1 atom stereocenters. The van der Waals surface area contributed by atoms with Gasteiger partial charge in [0.25, 0.3) is 0 Å². The highest BCUT2D eigenvalue weighted by Crippen LogP contribution is 2.25. The SMILES string of the molecule is COCCN(C(=O)CCC(C)C)[C@H](C(=O)OC)c1ccc(Br)cc1. The maximum atomic E-state index is 12.7. The molecule has 0 heterocycles. The first-order chi connectivity index (χ1) is 11.4. The fourth-order valence-corrected chi connectivity index (χ4v) is 2.61. The van der Waals surface area contributed by atoms with E-state index in [1.54, 1.807) is 12.0 Å². The number of hydrogen-bond acceptors (Lipinski definition) is 4. The first kappa shape index (κ1) is 20.6. The number of benzene rings is 1. The van der Waals surface area contributed by atoms with Gasteiger partial charge < -0.3 is 14.4 Å². The summed E-state index contributed by atoms with van der Waals surface area (Å²) in [7, 11) is 2.91. The Balaban J connectivity index is 3.11. The molecular formula is C18H26BrNO4. The van der Waals surface area contributed by atoms with Crippen LogP contribution in [-0.4, -0.2) is 44.1 Å². The average Bonchev–Trinajstić information content (AvgIpc) is 2.57. The van der Waals surface area contributed by atoms with Crippen LogP contribution in [0.3, 0.4) is 0 Å². The molecule has 0 aliphatic rings. The number of halogens is 1. The molecule has 0 radical (unpaired) electrons. The molecule has 0 bridgehead atoms. The molecule has 5 nitrogen and oxygen atoms in total. The van der Waals surface area contributed by atoms with Crippen LogP contribution in [0.1, 0.15) is 38.3 Å². The summed E-state index contributed by atoms with van der Waals surface area (Å²) in [5.74, 6) is -0.104. The highest BCUT2D eigenvalue weighted by atomic mass is 79.9. The van der Waals surface area contributed by atoms with Crippen LogP contribution in [0.25, 0.3) is 0 Å². The standard InChI is InChI=1S/C18H26BrNO4/c1-13(2)5-10-16(21)20(11-12-23-3)17(18(22)24-4)14-6-8-15(19)9-7-14/h6-9,13,17H,5,10-12H2,1-4H3/t17-/m0/s1. The van der Waals surface area contributed by atoms with Crippen molar-refractivity contribution >= 4 is 27.8 Å². The van der Waals surface area contributed by atoms with E-state index < -0.39 is 12.0 Å². The van der Waals surface area contributed by atoms with E-state index in [2.05, 4.69) is 29.8 Å². The predicted molar refractivity (Wildman–Crippen MR) is 96.6 cm³/mol. The molecule has 0 saturated heterocycles. The van der Waals surface area contributed by atoms with Gasteiger partial charge in [-0.05, 0) is 30.0 Å². The summed E-state index contributed by atoms with van der Waals surface area (Å²) < 4.78 is 11.0. The molecule has 1 aromatic rings. The van der Waals surface area contributed by atoms with E-state index in [-0.39, 0.29) is 5.91 Å². The second kappa shape index (κ2) is 10.5. The van der Waals surface area contributed by atoms with Crippen LogP contribution in [0.2, 0.25) is 0 Å². The molecule has 0 aliphatic heterocycles. The second-order valence-corrected chi connectivity index (χ2v) is 6.91. The van der Waals surface area contributed by atoms with Gasteiger partial charge in [-0.1, -0.05) is 41.9 Å². The lowest BCUT2D eigenvalue weighted by atomic mass is 10.0. The molecule has 0 N–H and O–H groups in total. The first-order valence-electron chi connectivity index (χ1n) is 8.02. The Morgan fingerprint density at radius 3 is 2.29 bits per heavy atom. The van der Waals surface area contributed by atoms with Crippen molar-refractivity contribution < 1.29 is 19.1 Å². The highest BCUT2D eigenvalue weighted by Gasteiger charge is 2.31. The molecule has 0 spiro atoms. The number of hydrogen-bond donors (Lipinski definition) is 0. The molecule has 6 heteroatoms. The summed E-state index contributed by atoms with van der Waals surface area (Å²) in [6, 6.07) is 6.57. The van der Waals surface area contributed by atoms with Crippen LogP contribution in [0.5, 0.6) is 0 Å². The van der Waals surface area contributed by atoms with E-state index in [0.29, 0.717) is 25.5 Å². The molecule has 1 rings (SSSR count). The molecule has 0 unspecified atom stereocenters. The number of rotatable bonds is 9. The monoisotopic (exact) mass is 399 g/mol. The molecule has 24 heavy (non-hydrogen) atoms. The van der Waals surface area contributed by atoms with Gasteiger partial charge in [0.05, 0.1) is 13.7 Å². The number of carbonyl (C=O) groups excluding carboxylic acids is 2. The van der Waals surface area contributed by atoms with Crippen molar-refractivity contribution in [1.82, 2.24) is 4.90 Å². The molecule has 0 aromatic heterocycles. The van der Waals surface area contributed by atoms with Gasteiger partial charge in [-0.15, -0.1) is 0 Å². The summed E-state index contributed by atoms with van der Waals surface area (Å²) in [6.45, 7) is 4.83. The number of esters is 1. The normalized spacial score (nSPS) is 12.1. The van der Waals surface area contributed by atoms with E-state index in [1.807, 2.05) is 24.3 Å². The molecular weight excluding hydrogens is 374 g/mol. The largest absolute Gasteiger partial charge is 0.467 e. The summed E-state index contributed by atoms with van der Waals surface area (Å²) in [5, 5.41) is 0. The lowest BCUT2D eigenvalue weighted by Crippen LogP contribution is -2.41. The Hall–Kier alpha value is -1.40. The van der Waals surface area contributed by atoms with E-state index in [4.69, 9.17) is 9.47 Å². The summed E-state index contributed by atoms with van der Waals surface area (Å²) in [6.07, 6.45) is 1.17. The minimum Gasteiger partial charge on any atom is -0.467 e. The lowest BCUT2D eigenvalue weighted by Gasteiger charge is -2.30. The summed E-state index contributed by atoms with van der Waals surface area (Å²) in [4.78, 5) is 26.6. The Labute approximate surface area is 152 Å². The van der Waals surface area contributed by atoms with Crippen molar-refractivity contribution in [2.45, 2.75) is 32.7 Å². The van der Waals surface area contributed by atoms with E-state index in [1.165, 1.54) is 7.11 Å². The average molecular weight is 400 g/mol.